The quantitative estimate of drug-likeness (QED) is 0.867. The first kappa shape index (κ1) is 13.6. The van der Waals surface area contributed by atoms with Crippen molar-refractivity contribution < 1.29 is 4.74 Å². The molecule has 1 aromatic carbocycles. The van der Waals surface area contributed by atoms with Gasteiger partial charge < -0.3 is 15.0 Å². The molecule has 1 heterocycles. The normalized spacial score (nSPS) is 12.4. The molecule has 1 atom stereocenters. The molecule has 0 aliphatic rings. The molecule has 0 bridgehead atoms. The van der Waals surface area contributed by atoms with E-state index in [4.69, 9.17) is 10.5 Å². The Kier molecular flexibility index (Phi) is 4.58. The summed E-state index contributed by atoms with van der Waals surface area (Å²) < 4.78 is 7.39. The molecule has 1 aromatic heterocycles. The van der Waals surface area contributed by atoms with Crippen LogP contribution in [0, 0.1) is 0 Å². The third-order valence-electron chi connectivity index (χ3n) is 3.19. The molecule has 2 rings (SSSR count). The molecule has 0 fully saturated rings. The Morgan fingerprint density at radius 2 is 2.26 bits per heavy atom. The Morgan fingerprint density at radius 3 is 3.00 bits per heavy atom. The van der Waals surface area contributed by atoms with Crippen LogP contribution in [0.25, 0.3) is 0 Å². The van der Waals surface area contributed by atoms with E-state index in [-0.39, 0.29) is 6.04 Å². The minimum Gasteiger partial charge on any atom is -0.497 e. The summed E-state index contributed by atoms with van der Waals surface area (Å²) in [4.78, 5) is 4.39. The van der Waals surface area contributed by atoms with Crippen LogP contribution in [0.15, 0.2) is 36.7 Å². The number of hydrogen-bond donors (Lipinski definition) is 1. The van der Waals surface area contributed by atoms with Gasteiger partial charge in [-0.1, -0.05) is 19.1 Å². The molecule has 4 heteroatoms. The van der Waals surface area contributed by atoms with Gasteiger partial charge in [0, 0.05) is 31.4 Å². The number of imidazole rings is 1. The summed E-state index contributed by atoms with van der Waals surface area (Å²) in [5.41, 5.74) is 7.34. The van der Waals surface area contributed by atoms with E-state index in [1.54, 1.807) is 7.11 Å². The molecule has 0 saturated heterocycles. The van der Waals surface area contributed by atoms with Gasteiger partial charge in [-0.15, -0.1) is 0 Å². The van der Waals surface area contributed by atoms with Gasteiger partial charge in [0.1, 0.15) is 11.6 Å². The highest BCUT2D eigenvalue weighted by Gasteiger charge is 2.11. The predicted octanol–water partition coefficient (Wildman–Crippen LogP) is 2.54. The molecule has 0 amide bonds. The number of methoxy groups -OCH3 is 1. The average Bonchev–Trinajstić information content (AvgIpc) is 2.86. The maximum Gasteiger partial charge on any atom is 0.119 e. The number of aryl methyl sites for hydroxylation is 1. The molecule has 1 unspecified atom stereocenters. The minimum atomic E-state index is -0.0619. The summed E-state index contributed by atoms with van der Waals surface area (Å²) in [6.45, 7) is 3.14. The van der Waals surface area contributed by atoms with Gasteiger partial charge in [-0.3, -0.25) is 0 Å². The van der Waals surface area contributed by atoms with Crippen LogP contribution in [0.1, 0.15) is 30.8 Å². The number of ether oxygens (including phenoxy) is 1. The van der Waals surface area contributed by atoms with E-state index in [1.807, 2.05) is 36.7 Å². The highest BCUT2D eigenvalue weighted by Crippen LogP contribution is 2.20. The Bertz CT molecular complexity index is 522. The van der Waals surface area contributed by atoms with Gasteiger partial charge in [0.15, 0.2) is 0 Å². The molecule has 0 spiro atoms. The van der Waals surface area contributed by atoms with Crippen LogP contribution in [0.5, 0.6) is 5.75 Å². The predicted molar refractivity (Wildman–Crippen MR) is 76.1 cm³/mol. The first-order valence-corrected chi connectivity index (χ1v) is 6.64. The van der Waals surface area contributed by atoms with Crippen LogP contribution in [0.2, 0.25) is 0 Å². The van der Waals surface area contributed by atoms with Gasteiger partial charge in [-0.05, 0) is 24.1 Å². The lowest BCUT2D eigenvalue weighted by Gasteiger charge is -2.14. The Balaban J connectivity index is 2.11. The molecule has 2 aromatic rings. The molecular weight excluding hydrogens is 238 g/mol. The second-order valence-corrected chi connectivity index (χ2v) is 4.62. The van der Waals surface area contributed by atoms with Crippen molar-refractivity contribution >= 4 is 0 Å². The highest BCUT2D eigenvalue weighted by molar-refractivity contribution is 5.30. The maximum atomic E-state index is 6.27. The Hall–Kier alpha value is -1.81. The fourth-order valence-corrected chi connectivity index (χ4v) is 2.16. The average molecular weight is 259 g/mol. The van der Waals surface area contributed by atoms with Crippen LogP contribution in [-0.2, 0) is 13.0 Å². The van der Waals surface area contributed by atoms with Crippen molar-refractivity contribution in [3.63, 3.8) is 0 Å². The fourth-order valence-electron chi connectivity index (χ4n) is 2.16. The smallest absolute Gasteiger partial charge is 0.119 e. The Morgan fingerprint density at radius 1 is 1.42 bits per heavy atom. The van der Waals surface area contributed by atoms with Gasteiger partial charge in [0.05, 0.1) is 7.11 Å². The third kappa shape index (κ3) is 3.35. The lowest BCUT2D eigenvalue weighted by Crippen LogP contribution is -2.16. The number of hydrogen-bond acceptors (Lipinski definition) is 3. The summed E-state index contributed by atoms with van der Waals surface area (Å²) in [5, 5.41) is 0. The molecule has 2 N–H and O–H groups in total. The van der Waals surface area contributed by atoms with Crippen LogP contribution in [-0.4, -0.2) is 16.7 Å². The number of aromatic nitrogens is 2. The van der Waals surface area contributed by atoms with Crippen molar-refractivity contribution in [2.75, 3.05) is 7.11 Å². The van der Waals surface area contributed by atoms with Crippen LogP contribution < -0.4 is 10.5 Å². The van der Waals surface area contributed by atoms with Crippen molar-refractivity contribution in [2.45, 2.75) is 32.4 Å². The summed E-state index contributed by atoms with van der Waals surface area (Å²) in [7, 11) is 1.67. The first-order valence-electron chi connectivity index (χ1n) is 6.64. The monoisotopic (exact) mass is 259 g/mol. The molecule has 0 saturated carbocycles. The lowest BCUT2D eigenvalue weighted by molar-refractivity contribution is 0.413. The van der Waals surface area contributed by atoms with E-state index in [0.717, 1.165) is 36.5 Å². The molecule has 102 valence electrons. The molecule has 0 aliphatic carbocycles. The van der Waals surface area contributed by atoms with E-state index in [1.165, 1.54) is 0 Å². The standard InChI is InChI=1S/C15H21N3O/c1-3-8-18-9-7-17-15(18)11-14(16)12-5-4-6-13(10-12)19-2/h4-7,9-10,14H,3,8,11,16H2,1-2H3. The van der Waals surface area contributed by atoms with E-state index >= 15 is 0 Å². The van der Waals surface area contributed by atoms with E-state index in [0.29, 0.717) is 0 Å². The number of nitrogens with zero attached hydrogens (tertiary/aromatic N) is 2. The van der Waals surface area contributed by atoms with Crippen molar-refractivity contribution in [1.29, 1.82) is 0 Å². The lowest BCUT2D eigenvalue weighted by atomic mass is 10.0. The summed E-state index contributed by atoms with van der Waals surface area (Å²) in [6, 6.07) is 7.84. The number of rotatable bonds is 6. The molecule has 19 heavy (non-hydrogen) atoms. The van der Waals surface area contributed by atoms with Gasteiger partial charge in [-0.25, -0.2) is 4.98 Å². The minimum absolute atomic E-state index is 0.0619. The van der Waals surface area contributed by atoms with Crippen LogP contribution in [0.4, 0.5) is 0 Å². The summed E-state index contributed by atoms with van der Waals surface area (Å²) in [6.07, 6.45) is 5.68. The van der Waals surface area contributed by atoms with Crippen molar-refractivity contribution in [2.24, 2.45) is 5.73 Å². The van der Waals surface area contributed by atoms with Gasteiger partial charge in [0.2, 0.25) is 0 Å². The second kappa shape index (κ2) is 6.38. The molecule has 0 radical (unpaired) electrons. The highest BCUT2D eigenvalue weighted by atomic mass is 16.5. The third-order valence-corrected chi connectivity index (χ3v) is 3.19. The zero-order valence-electron chi connectivity index (χ0n) is 11.5. The largest absolute Gasteiger partial charge is 0.497 e. The maximum absolute atomic E-state index is 6.27. The zero-order chi connectivity index (χ0) is 13.7. The van der Waals surface area contributed by atoms with Crippen molar-refractivity contribution in [1.82, 2.24) is 9.55 Å². The topological polar surface area (TPSA) is 53.1 Å². The van der Waals surface area contributed by atoms with Gasteiger partial charge >= 0.3 is 0 Å². The SMILES string of the molecule is CCCn1ccnc1CC(N)c1cccc(OC)c1. The molecule has 4 nitrogen and oxygen atoms in total. The van der Waals surface area contributed by atoms with Crippen molar-refractivity contribution in [3.05, 3.63) is 48.0 Å². The summed E-state index contributed by atoms with van der Waals surface area (Å²) >= 11 is 0. The van der Waals surface area contributed by atoms with E-state index < -0.39 is 0 Å². The first-order chi connectivity index (χ1) is 9.24. The van der Waals surface area contributed by atoms with Crippen LogP contribution >= 0.6 is 0 Å². The number of nitrogens with two attached hydrogens (primary N) is 1. The van der Waals surface area contributed by atoms with E-state index in [2.05, 4.69) is 16.5 Å². The molecule has 0 aliphatic heterocycles. The fraction of sp³-hybridized carbons (Fsp3) is 0.400. The van der Waals surface area contributed by atoms with Gasteiger partial charge in [0.25, 0.3) is 0 Å². The summed E-state index contributed by atoms with van der Waals surface area (Å²) in [5.74, 6) is 1.88. The van der Waals surface area contributed by atoms with E-state index in [9.17, 15) is 0 Å². The second-order valence-electron chi connectivity index (χ2n) is 4.62. The van der Waals surface area contributed by atoms with Crippen molar-refractivity contribution in [3.8, 4) is 5.75 Å². The van der Waals surface area contributed by atoms with Gasteiger partial charge in [-0.2, -0.15) is 0 Å². The zero-order valence-corrected chi connectivity index (χ0v) is 11.5. The number of benzene rings is 1. The Labute approximate surface area is 114 Å². The van der Waals surface area contributed by atoms with Crippen LogP contribution in [0.3, 0.4) is 0 Å². The molecular formula is C15H21N3O.